The zero-order valence-electron chi connectivity index (χ0n) is 10.8. The summed E-state index contributed by atoms with van der Waals surface area (Å²) in [6.07, 6.45) is 1.03. The number of hydrogen-bond donors (Lipinski definition) is 3. The van der Waals surface area contributed by atoms with Crippen molar-refractivity contribution in [2.24, 2.45) is 0 Å². The minimum Gasteiger partial charge on any atom is -0.502 e. The van der Waals surface area contributed by atoms with Gasteiger partial charge in [0.15, 0.2) is 0 Å². The number of nitrogens with one attached hydrogen (secondary N) is 1. The number of aliphatic hydroxyl groups is 1. The Balaban J connectivity index is 2.13. The van der Waals surface area contributed by atoms with Crippen LogP contribution in [0.15, 0.2) is 48.2 Å². The molecular formula is C15H12FNO4. The van der Waals surface area contributed by atoms with Crippen LogP contribution in [0.2, 0.25) is 0 Å². The van der Waals surface area contributed by atoms with Gasteiger partial charge in [0.05, 0.1) is 5.69 Å². The number of aromatic nitrogens is 1. The van der Waals surface area contributed by atoms with E-state index in [4.69, 9.17) is 10.2 Å². The second-order valence-corrected chi connectivity index (χ2v) is 4.40. The lowest BCUT2D eigenvalue weighted by Crippen LogP contribution is -2.04. The minimum atomic E-state index is -1.57. The molecule has 0 aliphatic rings. The fraction of sp³-hybridized carbons (Fsp3) is 0.0667. The molecule has 0 saturated carbocycles. The molecule has 0 fully saturated rings. The molecule has 5 nitrogen and oxygen atoms in total. The number of carboxylic acid groups (broad SMARTS) is 1. The van der Waals surface area contributed by atoms with Crippen LogP contribution in [0.3, 0.4) is 0 Å². The maximum Gasteiger partial charge on any atom is 0.371 e. The fourth-order valence-corrected chi connectivity index (χ4v) is 1.82. The van der Waals surface area contributed by atoms with Crippen LogP contribution in [0.4, 0.5) is 4.39 Å². The van der Waals surface area contributed by atoms with Gasteiger partial charge in [0.2, 0.25) is 11.5 Å². The summed E-state index contributed by atoms with van der Waals surface area (Å²) in [6.45, 7) is 0. The fourth-order valence-electron chi connectivity index (χ4n) is 1.82. The highest BCUT2D eigenvalue weighted by Gasteiger charge is 2.11. The summed E-state index contributed by atoms with van der Waals surface area (Å²) in [4.78, 5) is 24.9. The smallest absolute Gasteiger partial charge is 0.371 e. The number of H-pyrrole nitrogens is 1. The average molecular weight is 289 g/mol. The van der Waals surface area contributed by atoms with Gasteiger partial charge in [-0.1, -0.05) is 12.1 Å². The third kappa shape index (κ3) is 3.79. The summed E-state index contributed by atoms with van der Waals surface area (Å²) in [5, 5.41) is 17.5. The van der Waals surface area contributed by atoms with Gasteiger partial charge in [0, 0.05) is 18.2 Å². The van der Waals surface area contributed by atoms with Crippen molar-refractivity contribution in [1.29, 1.82) is 0 Å². The van der Waals surface area contributed by atoms with Gasteiger partial charge in [0.1, 0.15) is 5.82 Å². The molecule has 1 aromatic heterocycles. The Kier molecular flexibility index (Phi) is 4.18. The number of hydrogen-bond acceptors (Lipinski definition) is 3. The molecule has 21 heavy (non-hydrogen) atoms. The summed E-state index contributed by atoms with van der Waals surface area (Å²) >= 11 is 0. The normalized spacial score (nSPS) is 11.4. The number of rotatable bonds is 5. The van der Waals surface area contributed by atoms with Crippen molar-refractivity contribution in [2.75, 3.05) is 0 Å². The number of aliphatic carboxylic acids is 1. The Morgan fingerprint density at radius 2 is 1.95 bits per heavy atom. The molecule has 0 radical (unpaired) electrons. The van der Waals surface area contributed by atoms with Crippen LogP contribution in [0.25, 0.3) is 0 Å². The van der Waals surface area contributed by atoms with Gasteiger partial charge in [-0.2, -0.15) is 0 Å². The van der Waals surface area contributed by atoms with Crippen molar-refractivity contribution in [3.63, 3.8) is 0 Å². The molecule has 0 atom stereocenters. The molecule has 0 bridgehead atoms. The first kappa shape index (κ1) is 14.5. The Morgan fingerprint density at radius 1 is 1.19 bits per heavy atom. The van der Waals surface area contributed by atoms with E-state index in [1.165, 1.54) is 18.2 Å². The number of ketones is 1. The predicted molar refractivity (Wildman–Crippen MR) is 72.7 cm³/mol. The number of allylic oxidation sites excluding steroid dienone is 1. The second kappa shape index (κ2) is 6.04. The van der Waals surface area contributed by atoms with Crippen LogP contribution in [-0.2, 0) is 11.2 Å². The van der Waals surface area contributed by atoms with E-state index in [0.29, 0.717) is 18.2 Å². The predicted octanol–water partition coefficient (Wildman–Crippen LogP) is 2.45. The summed E-state index contributed by atoms with van der Waals surface area (Å²) in [7, 11) is 0. The first-order chi connectivity index (χ1) is 9.95. The summed E-state index contributed by atoms with van der Waals surface area (Å²) < 4.78 is 13.1. The van der Waals surface area contributed by atoms with Crippen LogP contribution < -0.4 is 0 Å². The number of aliphatic hydroxyl groups excluding tert-OH is 1. The molecule has 0 spiro atoms. The van der Waals surface area contributed by atoms with E-state index < -0.39 is 17.5 Å². The van der Waals surface area contributed by atoms with E-state index in [-0.39, 0.29) is 11.5 Å². The van der Waals surface area contributed by atoms with Crippen molar-refractivity contribution < 1.29 is 24.2 Å². The quantitative estimate of drug-likeness (QED) is 0.448. The highest BCUT2D eigenvalue weighted by Crippen LogP contribution is 2.12. The maximum absolute atomic E-state index is 13.1. The molecule has 2 rings (SSSR count). The van der Waals surface area contributed by atoms with Crippen LogP contribution in [0, 0.1) is 5.82 Å². The molecule has 108 valence electrons. The Bertz CT molecular complexity index is 718. The van der Waals surface area contributed by atoms with E-state index in [9.17, 15) is 14.0 Å². The van der Waals surface area contributed by atoms with Gasteiger partial charge in [-0.15, -0.1) is 0 Å². The molecule has 0 amide bonds. The number of carbonyl (C=O) groups is 2. The molecule has 1 aromatic carbocycles. The average Bonchev–Trinajstić information content (AvgIpc) is 2.87. The zero-order valence-corrected chi connectivity index (χ0v) is 10.8. The maximum atomic E-state index is 13.1. The molecule has 6 heteroatoms. The molecular weight excluding hydrogens is 277 g/mol. The van der Waals surface area contributed by atoms with Gasteiger partial charge in [-0.25, -0.2) is 9.18 Å². The topological polar surface area (TPSA) is 90.4 Å². The van der Waals surface area contributed by atoms with E-state index in [1.807, 2.05) is 0 Å². The van der Waals surface area contributed by atoms with Crippen molar-refractivity contribution in [3.8, 4) is 0 Å². The van der Waals surface area contributed by atoms with Crippen molar-refractivity contribution >= 4 is 11.8 Å². The van der Waals surface area contributed by atoms with Gasteiger partial charge >= 0.3 is 5.97 Å². The highest BCUT2D eigenvalue weighted by atomic mass is 19.1. The van der Waals surface area contributed by atoms with Crippen LogP contribution in [-0.4, -0.2) is 26.9 Å². The summed E-state index contributed by atoms with van der Waals surface area (Å²) in [5.74, 6) is -3.60. The third-order valence-electron chi connectivity index (χ3n) is 2.78. The van der Waals surface area contributed by atoms with Crippen LogP contribution >= 0.6 is 0 Å². The Hall–Kier alpha value is -2.89. The van der Waals surface area contributed by atoms with Crippen molar-refractivity contribution in [1.82, 2.24) is 4.98 Å². The van der Waals surface area contributed by atoms with E-state index in [0.717, 1.165) is 5.56 Å². The van der Waals surface area contributed by atoms with E-state index in [2.05, 4.69) is 4.98 Å². The summed E-state index contributed by atoms with van der Waals surface area (Å²) in [6, 6.07) is 9.19. The lowest BCUT2D eigenvalue weighted by Gasteiger charge is -1.99. The van der Waals surface area contributed by atoms with Gasteiger partial charge in [-0.05, 0) is 29.8 Å². The number of carboxylic acids is 1. The van der Waals surface area contributed by atoms with Crippen molar-refractivity contribution in [3.05, 3.63) is 71.0 Å². The summed E-state index contributed by atoms with van der Waals surface area (Å²) in [5.41, 5.74) is 1.56. The second-order valence-electron chi connectivity index (χ2n) is 4.40. The molecule has 0 unspecified atom stereocenters. The minimum absolute atomic E-state index is 0.147. The Morgan fingerprint density at radius 3 is 2.62 bits per heavy atom. The largest absolute Gasteiger partial charge is 0.502 e. The molecule has 3 N–H and O–H groups in total. The number of halogens is 1. The molecule has 1 heterocycles. The van der Waals surface area contributed by atoms with E-state index in [1.54, 1.807) is 18.2 Å². The number of benzene rings is 1. The Labute approximate surface area is 119 Å². The van der Waals surface area contributed by atoms with Crippen LogP contribution in [0.1, 0.15) is 21.7 Å². The highest BCUT2D eigenvalue weighted by molar-refractivity contribution is 6.06. The SMILES string of the molecule is O=C(O)/C(O)=C/C(=O)c1ccc(Cc2cccc(F)c2)[nH]1. The monoisotopic (exact) mass is 289 g/mol. The zero-order chi connectivity index (χ0) is 15.4. The van der Waals surface area contributed by atoms with Crippen molar-refractivity contribution in [2.45, 2.75) is 6.42 Å². The van der Waals surface area contributed by atoms with Gasteiger partial charge < -0.3 is 15.2 Å². The lowest BCUT2D eigenvalue weighted by molar-refractivity contribution is -0.135. The third-order valence-corrected chi connectivity index (χ3v) is 2.78. The number of aromatic amines is 1. The standard InChI is InChI=1S/C15H12FNO4/c16-10-3-1-2-9(6-10)7-11-4-5-12(17-11)13(18)8-14(19)15(20)21/h1-6,8,17,19H,7H2,(H,20,21)/b14-8-. The van der Waals surface area contributed by atoms with Crippen LogP contribution in [0.5, 0.6) is 0 Å². The number of carbonyl (C=O) groups excluding carboxylic acids is 1. The first-order valence-corrected chi connectivity index (χ1v) is 6.06. The van der Waals surface area contributed by atoms with E-state index >= 15 is 0 Å². The lowest BCUT2D eigenvalue weighted by atomic mass is 10.1. The first-order valence-electron chi connectivity index (χ1n) is 6.06. The molecule has 0 aliphatic heterocycles. The van der Waals surface area contributed by atoms with Gasteiger partial charge in [0.25, 0.3) is 0 Å². The molecule has 2 aromatic rings. The molecule has 0 saturated heterocycles. The van der Waals surface area contributed by atoms with Gasteiger partial charge in [-0.3, -0.25) is 4.79 Å². The molecule has 0 aliphatic carbocycles.